The van der Waals surface area contributed by atoms with Gasteiger partial charge in [-0.15, -0.1) is 0 Å². The van der Waals surface area contributed by atoms with Gasteiger partial charge >= 0.3 is 5.97 Å². The van der Waals surface area contributed by atoms with Gasteiger partial charge in [-0.05, 0) is 49.6 Å². The van der Waals surface area contributed by atoms with Crippen LogP contribution in [0.4, 0.5) is 10.1 Å². The third-order valence-corrected chi connectivity index (χ3v) is 6.57. The normalized spacial score (nSPS) is 22.4. The first-order valence-corrected chi connectivity index (χ1v) is 10.9. The van der Waals surface area contributed by atoms with E-state index in [1.54, 1.807) is 13.0 Å². The fraction of sp³-hybridized carbons (Fsp3) is 0.550. The lowest BCUT2D eigenvalue weighted by molar-refractivity contribution is -0.292. The second-order valence-corrected chi connectivity index (χ2v) is 8.81. The highest BCUT2D eigenvalue weighted by atomic mass is 35.5. The summed E-state index contributed by atoms with van der Waals surface area (Å²) in [6, 6.07) is 4.03. The van der Waals surface area contributed by atoms with Gasteiger partial charge in [0.05, 0.1) is 60.0 Å². The van der Waals surface area contributed by atoms with Gasteiger partial charge in [0.25, 0.3) is 0 Å². The zero-order chi connectivity index (χ0) is 21.8. The maximum absolute atomic E-state index is 13.3. The molecule has 3 N–H and O–H groups in total. The SMILES string of the molecule is CCOC(=O)C1=CC2(CCC1SNc1ccc(F)cc1Cl)OCC(CO)(CO)CO2. The highest BCUT2D eigenvalue weighted by Crippen LogP contribution is 2.42. The van der Waals surface area contributed by atoms with Gasteiger partial charge in [0.15, 0.2) is 5.79 Å². The Balaban J connectivity index is 1.77. The molecule has 0 radical (unpaired) electrons. The predicted octanol–water partition coefficient (Wildman–Crippen LogP) is 2.91. The monoisotopic (exact) mass is 461 g/mol. The average molecular weight is 462 g/mol. The predicted molar refractivity (Wildman–Crippen MR) is 112 cm³/mol. The molecule has 1 aromatic rings. The Labute approximate surface area is 183 Å². The molecule has 3 rings (SSSR count). The molecule has 1 unspecified atom stereocenters. The summed E-state index contributed by atoms with van der Waals surface area (Å²) in [5, 5.41) is 19.0. The number of anilines is 1. The summed E-state index contributed by atoms with van der Waals surface area (Å²) in [5.41, 5.74) is 0.0575. The standard InChI is InChI=1S/C20H25ClFNO6S/c1-2-27-18(26)14-8-20(28-11-19(9-24,10-25)12-29-20)6-5-17(14)30-23-16-4-3-13(22)7-15(16)21/h3-4,7-8,17,23-25H,2,5-6,9-12H2,1H3. The maximum Gasteiger partial charge on any atom is 0.335 e. The van der Waals surface area contributed by atoms with E-state index in [1.165, 1.54) is 30.1 Å². The summed E-state index contributed by atoms with van der Waals surface area (Å²) >= 11 is 7.34. The first kappa shape index (κ1) is 23.3. The van der Waals surface area contributed by atoms with Crippen LogP contribution in [-0.2, 0) is 19.0 Å². The van der Waals surface area contributed by atoms with E-state index in [4.69, 9.17) is 25.8 Å². The Kier molecular flexibility index (Phi) is 7.65. The molecule has 1 aromatic carbocycles. The lowest BCUT2D eigenvalue weighted by Crippen LogP contribution is -2.53. The fourth-order valence-electron chi connectivity index (χ4n) is 3.22. The third-order valence-electron chi connectivity index (χ3n) is 5.15. The fourth-order valence-corrected chi connectivity index (χ4v) is 4.46. The van der Waals surface area contributed by atoms with E-state index in [2.05, 4.69) is 4.72 Å². The van der Waals surface area contributed by atoms with Crippen LogP contribution in [0.3, 0.4) is 0 Å². The Morgan fingerprint density at radius 1 is 1.37 bits per heavy atom. The topological polar surface area (TPSA) is 97.3 Å². The van der Waals surface area contributed by atoms with Crippen molar-refractivity contribution in [1.29, 1.82) is 0 Å². The number of hydrogen-bond donors (Lipinski definition) is 3. The number of rotatable bonds is 7. The van der Waals surface area contributed by atoms with Crippen molar-refractivity contribution in [1.82, 2.24) is 0 Å². The number of benzene rings is 1. The summed E-state index contributed by atoms with van der Waals surface area (Å²) in [6.07, 6.45) is 2.63. The lowest BCUT2D eigenvalue weighted by Gasteiger charge is -2.46. The van der Waals surface area contributed by atoms with E-state index in [1.807, 2.05) is 0 Å². The number of carbonyl (C=O) groups excluding carboxylic acids is 1. The first-order valence-electron chi connectivity index (χ1n) is 9.62. The van der Waals surface area contributed by atoms with Crippen molar-refractivity contribution < 1.29 is 33.6 Å². The van der Waals surface area contributed by atoms with Gasteiger partial charge in [-0.3, -0.25) is 0 Å². The van der Waals surface area contributed by atoms with Crippen molar-refractivity contribution in [2.24, 2.45) is 5.41 Å². The van der Waals surface area contributed by atoms with E-state index < -0.39 is 23.0 Å². The van der Waals surface area contributed by atoms with Crippen LogP contribution in [0.1, 0.15) is 19.8 Å². The Morgan fingerprint density at radius 2 is 2.07 bits per heavy atom. The molecule has 1 atom stereocenters. The van der Waals surface area contributed by atoms with Gasteiger partial charge in [-0.25, -0.2) is 9.18 Å². The van der Waals surface area contributed by atoms with E-state index in [9.17, 15) is 19.4 Å². The minimum atomic E-state index is -1.11. The quantitative estimate of drug-likeness (QED) is 0.421. The molecule has 1 aliphatic heterocycles. The molecule has 1 heterocycles. The van der Waals surface area contributed by atoms with Crippen molar-refractivity contribution in [3.05, 3.63) is 40.7 Å². The number of ether oxygens (including phenoxy) is 3. The molecular weight excluding hydrogens is 437 g/mol. The van der Waals surface area contributed by atoms with Crippen molar-refractivity contribution in [2.45, 2.75) is 30.8 Å². The van der Waals surface area contributed by atoms with Gasteiger partial charge in [0.1, 0.15) is 5.82 Å². The third kappa shape index (κ3) is 5.09. The van der Waals surface area contributed by atoms with E-state index in [-0.39, 0.29) is 43.3 Å². The van der Waals surface area contributed by atoms with E-state index in [0.717, 1.165) is 0 Å². The van der Waals surface area contributed by atoms with Crippen molar-refractivity contribution in [2.75, 3.05) is 37.8 Å². The second kappa shape index (κ2) is 9.84. The molecule has 1 aliphatic carbocycles. The van der Waals surface area contributed by atoms with Crippen LogP contribution in [0.5, 0.6) is 0 Å². The highest BCUT2D eigenvalue weighted by molar-refractivity contribution is 8.01. The van der Waals surface area contributed by atoms with E-state index >= 15 is 0 Å². The van der Waals surface area contributed by atoms with Crippen molar-refractivity contribution in [3.63, 3.8) is 0 Å². The van der Waals surface area contributed by atoms with Crippen LogP contribution < -0.4 is 4.72 Å². The largest absolute Gasteiger partial charge is 0.463 e. The minimum Gasteiger partial charge on any atom is -0.463 e. The number of nitrogens with one attached hydrogen (secondary N) is 1. The molecule has 0 amide bonds. The van der Waals surface area contributed by atoms with Crippen molar-refractivity contribution >= 4 is 35.2 Å². The van der Waals surface area contributed by atoms with Gasteiger partial charge in [0, 0.05) is 6.42 Å². The van der Waals surface area contributed by atoms with Crippen LogP contribution >= 0.6 is 23.5 Å². The summed E-state index contributed by atoms with van der Waals surface area (Å²) in [5.74, 6) is -2.02. The zero-order valence-corrected chi connectivity index (χ0v) is 18.1. The molecule has 166 valence electrons. The first-order chi connectivity index (χ1) is 14.4. The average Bonchev–Trinajstić information content (AvgIpc) is 2.75. The molecule has 0 bridgehead atoms. The summed E-state index contributed by atoms with van der Waals surface area (Å²) in [4.78, 5) is 12.6. The van der Waals surface area contributed by atoms with Gasteiger partial charge < -0.3 is 29.1 Å². The van der Waals surface area contributed by atoms with Crippen LogP contribution in [0, 0.1) is 11.2 Å². The smallest absolute Gasteiger partial charge is 0.335 e. The number of halogens is 2. The number of aliphatic hydroxyl groups is 2. The van der Waals surface area contributed by atoms with Crippen molar-refractivity contribution in [3.8, 4) is 0 Å². The summed E-state index contributed by atoms with van der Waals surface area (Å²) < 4.78 is 33.3. The molecule has 30 heavy (non-hydrogen) atoms. The number of carbonyl (C=O) groups is 1. The second-order valence-electron chi connectivity index (χ2n) is 7.40. The molecule has 7 nitrogen and oxygen atoms in total. The molecule has 1 spiro atoms. The van der Waals surface area contributed by atoms with Crippen LogP contribution in [0.2, 0.25) is 5.02 Å². The molecule has 0 saturated carbocycles. The Morgan fingerprint density at radius 3 is 2.67 bits per heavy atom. The van der Waals surface area contributed by atoms with Crippen LogP contribution in [-0.4, -0.2) is 60.3 Å². The van der Waals surface area contributed by atoms with E-state index in [0.29, 0.717) is 24.1 Å². The molecule has 1 saturated heterocycles. The summed E-state index contributed by atoms with van der Waals surface area (Å²) in [7, 11) is 0. The number of esters is 1. The maximum atomic E-state index is 13.3. The Hall–Kier alpha value is -1.36. The Bertz CT molecular complexity index is 794. The van der Waals surface area contributed by atoms with Gasteiger partial charge in [-0.1, -0.05) is 11.6 Å². The van der Waals surface area contributed by atoms with Gasteiger partial charge in [0.2, 0.25) is 0 Å². The molecule has 2 aliphatic rings. The number of aliphatic hydroxyl groups excluding tert-OH is 2. The van der Waals surface area contributed by atoms with Crippen LogP contribution in [0.25, 0.3) is 0 Å². The molecule has 1 fully saturated rings. The summed E-state index contributed by atoms with van der Waals surface area (Å²) in [6.45, 7) is 1.61. The lowest BCUT2D eigenvalue weighted by atomic mass is 9.88. The molecular formula is C20H25ClFNO6S. The van der Waals surface area contributed by atoms with Crippen LogP contribution in [0.15, 0.2) is 29.8 Å². The zero-order valence-electron chi connectivity index (χ0n) is 16.5. The number of hydrogen-bond acceptors (Lipinski definition) is 8. The highest BCUT2D eigenvalue weighted by Gasteiger charge is 2.47. The van der Waals surface area contributed by atoms with Gasteiger partial charge in [-0.2, -0.15) is 0 Å². The molecule has 10 heteroatoms. The minimum absolute atomic E-state index is 0.105. The molecule has 0 aromatic heterocycles.